The Morgan fingerprint density at radius 1 is 1.15 bits per heavy atom. The van der Waals surface area contributed by atoms with E-state index in [1.54, 1.807) is 0 Å². The van der Waals surface area contributed by atoms with Crippen LogP contribution in [0, 0.1) is 17.8 Å². The van der Waals surface area contributed by atoms with Crippen molar-refractivity contribution in [2.75, 3.05) is 6.61 Å². The van der Waals surface area contributed by atoms with E-state index in [1.165, 1.54) is 19.3 Å². The van der Waals surface area contributed by atoms with Gasteiger partial charge in [0.15, 0.2) is 0 Å². The second-order valence-electron chi connectivity index (χ2n) is 4.93. The maximum atomic E-state index is 5.72. The van der Waals surface area contributed by atoms with Gasteiger partial charge in [0.25, 0.3) is 0 Å². The van der Waals surface area contributed by atoms with Crippen molar-refractivity contribution < 1.29 is 4.74 Å². The molecule has 0 radical (unpaired) electrons. The summed E-state index contributed by atoms with van der Waals surface area (Å²) in [6, 6.07) is 0. The van der Waals surface area contributed by atoms with Gasteiger partial charge in [0.05, 0.1) is 12.7 Å². The molecular formula is C12H24O. The van der Waals surface area contributed by atoms with Crippen molar-refractivity contribution in [3.63, 3.8) is 0 Å². The number of ether oxygens (including phenoxy) is 1. The van der Waals surface area contributed by atoms with E-state index >= 15 is 0 Å². The second-order valence-corrected chi connectivity index (χ2v) is 4.93. The zero-order chi connectivity index (χ0) is 9.84. The van der Waals surface area contributed by atoms with Gasteiger partial charge in [0.1, 0.15) is 0 Å². The van der Waals surface area contributed by atoms with Crippen LogP contribution in [0.1, 0.15) is 47.0 Å². The third kappa shape index (κ3) is 3.30. The Kier molecular flexibility index (Phi) is 4.24. The second kappa shape index (κ2) is 4.99. The molecule has 1 rings (SSSR count). The number of hydrogen-bond acceptors (Lipinski definition) is 1. The molecule has 13 heavy (non-hydrogen) atoms. The maximum Gasteiger partial charge on any atom is 0.0519 e. The molecule has 78 valence electrons. The highest BCUT2D eigenvalue weighted by Gasteiger charge is 2.27. The lowest BCUT2D eigenvalue weighted by atomic mass is 9.74. The minimum Gasteiger partial charge on any atom is -0.378 e. The summed E-state index contributed by atoms with van der Waals surface area (Å²) in [5, 5.41) is 0. The Labute approximate surface area is 82.9 Å². The average Bonchev–Trinajstić information content (AvgIpc) is 2.03. The fraction of sp³-hybridized carbons (Fsp3) is 1.00. The largest absolute Gasteiger partial charge is 0.378 e. The van der Waals surface area contributed by atoms with Gasteiger partial charge in [-0.3, -0.25) is 0 Å². The third-order valence-electron chi connectivity index (χ3n) is 3.40. The molecule has 0 amide bonds. The first-order chi connectivity index (χ1) is 6.11. The van der Waals surface area contributed by atoms with Gasteiger partial charge in [-0.1, -0.05) is 33.1 Å². The summed E-state index contributed by atoms with van der Waals surface area (Å²) < 4.78 is 5.72. The Morgan fingerprint density at radius 3 is 2.15 bits per heavy atom. The SMILES string of the molecule is CC(C)OCC1[C@H](C)CCC[C@@H]1C. The summed E-state index contributed by atoms with van der Waals surface area (Å²) in [6.45, 7) is 9.98. The molecule has 0 aromatic carbocycles. The first-order valence-electron chi connectivity index (χ1n) is 5.73. The molecule has 1 heteroatoms. The van der Waals surface area contributed by atoms with Gasteiger partial charge >= 0.3 is 0 Å². The lowest BCUT2D eigenvalue weighted by molar-refractivity contribution is 0.00622. The minimum absolute atomic E-state index is 0.390. The Bertz CT molecular complexity index is 132. The van der Waals surface area contributed by atoms with Crippen molar-refractivity contribution in [1.82, 2.24) is 0 Å². The van der Waals surface area contributed by atoms with Crippen LogP contribution in [0.4, 0.5) is 0 Å². The third-order valence-corrected chi connectivity index (χ3v) is 3.40. The van der Waals surface area contributed by atoms with Gasteiger partial charge in [-0.2, -0.15) is 0 Å². The average molecular weight is 184 g/mol. The summed E-state index contributed by atoms with van der Waals surface area (Å²) in [5.74, 6) is 2.53. The molecule has 0 aromatic heterocycles. The van der Waals surface area contributed by atoms with Crippen LogP contribution < -0.4 is 0 Å². The fourth-order valence-corrected chi connectivity index (χ4v) is 2.38. The van der Waals surface area contributed by atoms with Crippen molar-refractivity contribution >= 4 is 0 Å². The molecule has 0 N–H and O–H groups in total. The van der Waals surface area contributed by atoms with Gasteiger partial charge in [0.2, 0.25) is 0 Å². The molecule has 0 spiro atoms. The highest BCUT2D eigenvalue weighted by atomic mass is 16.5. The van der Waals surface area contributed by atoms with E-state index in [4.69, 9.17) is 4.74 Å². The van der Waals surface area contributed by atoms with Crippen molar-refractivity contribution in [1.29, 1.82) is 0 Å². The highest BCUT2D eigenvalue weighted by molar-refractivity contribution is 4.77. The molecule has 1 unspecified atom stereocenters. The summed E-state index contributed by atoms with van der Waals surface area (Å²) in [7, 11) is 0. The van der Waals surface area contributed by atoms with Gasteiger partial charge in [0, 0.05) is 0 Å². The molecule has 0 aromatic rings. The van der Waals surface area contributed by atoms with Crippen LogP contribution in [0.5, 0.6) is 0 Å². The Hall–Kier alpha value is -0.0400. The monoisotopic (exact) mass is 184 g/mol. The fourth-order valence-electron chi connectivity index (χ4n) is 2.38. The van der Waals surface area contributed by atoms with Crippen molar-refractivity contribution in [2.45, 2.75) is 53.1 Å². The highest BCUT2D eigenvalue weighted by Crippen LogP contribution is 2.34. The van der Waals surface area contributed by atoms with Crippen molar-refractivity contribution in [3.8, 4) is 0 Å². The van der Waals surface area contributed by atoms with Gasteiger partial charge in [-0.25, -0.2) is 0 Å². The standard InChI is InChI=1S/C12H24O/c1-9(2)13-8-12-10(3)6-5-7-11(12)4/h9-12H,5-8H2,1-4H3/t10-,11+,12?. The van der Waals surface area contributed by atoms with E-state index in [1.807, 2.05) is 0 Å². The summed E-state index contributed by atoms with van der Waals surface area (Å²) >= 11 is 0. The maximum absolute atomic E-state index is 5.72. The molecular weight excluding hydrogens is 160 g/mol. The molecule has 3 atom stereocenters. The summed E-state index contributed by atoms with van der Waals surface area (Å²) in [6.07, 6.45) is 4.61. The molecule has 0 bridgehead atoms. The lowest BCUT2D eigenvalue weighted by Gasteiger charge is -2.34. The van der Waals surface area contributed by atoms with E-state index < -0.39 is 0 Å². The van der Waals surface area contributed by atoms with Crippen LogP contribution >= 0.6 is 0 Å². The van der Waals surface area contributed by atoms with Gasteiger partial charge < -0.3 is 4.74 Å². The van der Waals surface area contributed by atoms with Crippen LogP contribution in [0.15, 0.2) is 0 Å². The van der Waals surface area contributed by atoms with E-state index in [0.29, 0.717) is 6.10 Å². The molecule has 0 saturated heterocycles. The normalized spacial score (nSPS) is 35.3. The summed E-state index contributed by atoms with van der Waals surface area (Å²) in [4.78, 5) is 0. The number of rotatable bonds is 3. The zero-order valence-corrected chi connectivity index (χ0v) is 9.55. The van der Waals surface area contributed by atoms with Crippen LogP contribution in [0.3, 0.4) is 0 Å². The molecule has 0 aliphatic heterocycles. The smallest absolute Gasteiger partial charge is 0.0519 e. The van der Waals surface area contributed by atoms with Crippen LogP contribution in [0.2, 0.25) is 0 Å². The quantitative estimate of drug-likeness (QED) is 0.652. The molecule has 1 nitrogen and oxygen atoms in total. The van der Waals surface area contributed by atoms with E-state index in [9.17, 15) is 0 Å². The van der Waals surface area contributed by atoms with Crippen molar-refractivity contribution in [3.05, 3.63) is 0 Å². The summed E-state index contributed by atoms with van der Waals surface area (Å²) in [5.41, 5.74) is 0. The molecule has 0 heterocycles. The first-order valence-corrected chi connectivity index (χ1v) is 5.73. The zero-order valence-electron chi connectivity index (χ0n) is 9.55. The van der Waals surface area contributed by atoms with Gasteiger partial charge in [-0.05, 0) is 31.6 Å². The van der Waals surface area contributed by atoms with E-state index in [-0.39, 0.29) is 0 Å². The first kappa shape index (κ1) is 11.0. The Balaban J connectivity index is 2.35. The minimum atomic E-state index is 0.390. The molecule has 1 fully saturated rings. The predicted octanol–water partition coefficient (Wildman–Crippen LogP) is 3.48. The molecule has 1 aliphatic rings. The van der Waals surface area contributed by atoms with Gasteiger partial charge in [-0.15, -0.1) is 0 Å². The van der Waals surface area contributed by atoms with E-state index in [2.05, 4.69) is 27.7 Å². The van der Waals surface area contributed by atoms with Crippen LogP contribution in [-0.4, -0.2) is 12.7 Å². The van der Waals surface area contributed by atoms with Crippen LogP contribution in [0.25, 0.3) is 0 Å². The van der Waals surface area contributed by atoms with Crippen molar-refractivity contribution in [2.24, 2.45) is 17.8 Å². The molecule has 1 saturated carbocycles. The Morgan fingerprint density at radius 2 is 1.69 bits per heavy atom. The lowest BCUT2D eigenvalue weighted by Crippen LogP contribution is -2.29. The van der Waals surface area contributed by atoms with Crippen LogP contribution in [-0.2, 0) is 4.74 Å². The molecule has 1 aliphatic carbocycles. The van der Waals surface area contributed by atoms with E-state index in [0.717, 1.165) is 24.4 Å². The number of hydrogen-bond donors (Lipinski definition) is 0. The topological polar surface area (TPSA) is 9.23 Å². The predicted molar refractivity (Wildman–Crippen MR) is 56.8 cm³/mol.